The molecule has 5 heteroatoms. The molecule has 0 spiro atoms. The van der Waals surface area contributed by atoms with Gasteiger partial charge in [-0.05, 0) is 18.8 Å². The Labute approximate surface area is 92.9 Å². The molecule has 0 aromatic carbocycles. The third-order valence-corrected chi connectivity index (χ3v) is 5.16. The maximum atomic E-state index is 12.0. The monoisotopic (exact) mass is 234 g/mol. The second-order valence-corrected chi connectivity index (χ2v) is 6.39. The largest absolute Gasteiger partial charge is 0.329 e. The first-order valence-electron chi connectivity index (χ1n) is 5.72. The molecular formula is C10H22N2O2S. The molecule has 0 aliphatic carbocycles. The highest BCUT2D eigenvalue weighted by molar-refractivity contribution is 7.89. The molecule has 0 bridgehead atoms. The molecule has 2 atom stereocenters. The van der Waals surface area contributed by atoms with Crippen LogP contribution in [0.15, 0.2) is 0 Å². The first kappa shape index (κ1) is 12.9. The van der Waals surface area contributed by atoms with Gasteiger partial charge in [-0.2, -0.15) is 4.31 Å². The highest BCUT2D eigenvalue weighted by atomic mass is 32.2. The second kappa shape index (κ2) is 5.27. The second-order valence-electron chi connectivity index (χ2n) is 4.35. The van der Waals surface area contributed by atoms with Gasteiger partial charge in [0.15, 0.2) is 0 Å². The van der Waals surface area contributed by atoms with E-state index in [1.165, 1.54) is 0 Å². The number of hydrogen-bond acceptors (Lipinski definition) is 3. The maximum absolute atomic E-state index is 12.0. The van der Waals surface area contributed by atoms with E-state index in [4.69, 9.17) is 5.73 Å². The molecule has 0 aromatic rings. The Hall–Kier alpha value is -0.130. The maximum Gasteiger partial charge on any atom is 0.214 e. The molecule has 15 heavy (non-hydrogen) atoms. The van der Waals surface area contributed by atoms with Crippen molar-refractivity contribution < 1.29 is 8.42 Å². The number of nitrogens with zero attached hydrogens (tertiary/aromatic N) is 1. The Kier molecular flexibility index (Phi) is 4.55. The van der Waals surface area contributed by atoms with Gasteiger partial charge in [0.05, 0.1) is 5.75 Å². The molecule has 1 aliphatic rings. The predicted octanol–water partition coefficient (Wildman–Crippen LogP) is 0.785. The lowest BCUT2D eigenvalue weighted by Crippen LogP contribution is -2.43. The average Bonchev–Trinajstić information content (AvgIpc) is 2.57. The predicted molar refractivity (Wildman–Crippen MR) is 62.0 cm³/mol. The van der Waals surface area contributed by atoms with Crippen LogP contribution >= 0.6 is 0 Å². The van der Waals surface area contributed by atoms with Crippen LogP contribution < -0.4 is 5.73 Å². The van der Waals surface area contributed by atoms with E-state index in [9.17, 15) is 8.42 Å². The van der Waals surface area contributed by atoms with Crippen LogP contribution in [0.1, 0.15) is 33.1 Å². The van der Waals surface area contributed by atoms with Crippen molar-refractivity contribution in [1.82, 2.24) is 4.31 Å². The van der Waals surface area contributed by atoms with Gasteiger partial charge >= 0.3 is 0 Å². The third kappa shape index (κ3) is 2.92. The molecule has 2 N–H and O–H groups in total. The van der Waals surface area contributed by atoms with Crippen LogP contribution in [0.3, 0.4) is 0 Å². The highest BCUT2D eigenvalue weighted by Gasteiger charge is 2.37. The summed E-state index contributed by atoms with van der Waals surface area (Å²) in [5, 5.41) is 0. The molecule has 0 radical (unpaired) electrons. The van der Waals surface area contributed by atoms with E-state index in [1.54, 1.807) is 4.31 Å². The Morgan fingerprint density at radius 3 is 2.67 bits per heavy atom. The van der Waals surface area contributed by atoms with E-state index >= 15 is 0 Å². The van der Waals surface area contributed by atoms with Gasteiger partial charge in [0.25, 0.3) is 0 Å². The van der Waals surface area contributed by atoms with Crippen molar-refractivity contribution in [3.63, 3.8) is 0 Å². The summed E-state index contributed by atoms with van der Waals surface area (Å²) in [5.74, 6) is 0.665. The quantitative estimate of drug-likeness (QED) is 0.765. The molecule has 1 saturated heterocycles. The van der Waals surface area contributed by atoms with E-state index in [0.29, 0.717) is 19.0 Å². The van der Waals surface area contributed by atoms with Gasteiger partial charge in [-0.15, -0.1) is 0 Å². The Morgan fingerprint density at radius 2 is 2.13 bits per heavy atom. The lowest BCUT2D eigenvalue weighted by atomic mass is 10.0. The summed E-state index contributed by atoms with van der Waals surface area (Å²) < 4.78 is 25.6. The van der Waals surface area contributed by atoms with Crippen molar-refractivity contribution in [2.24, 2.45) is 11.7 Å². The van der Waals surface area contributed by atoms with Crippen molar-refractivity contribution >= 4 is 10.0 Å². The number of hydrogen-bond donors (Lipinski definition) is 1. The minimum absolute atomic E-state index is 0.0202. The smallest absolute Gasteiger partial charge is 0.214 e. The summed E-state index contributed by atoms with van der Waals surface area (Å²) in [6.45, 7) is 5.16. The zero-order chi connectivity index (χ0) is 11.5. The topological polar surface area (TPSA) is 63.4 Å². The SMILES string of the molecule is CCCCS(=O)(=O)N1CCC(C)C1CN. The molecule has 0 saturated carbocycles. The molecule has 0 amide bonds. The number of nitrogens with two attached hydrogens (primary N) is 1. The minimum atomic E-state index is -3.06. The van der Waals surface area contributed by atoms with Crippen LogP contribution in [0.25, 0.3) is 0 Å². The van der Waals surface area contributed by atoms with Crippen LogP contribution in [0.2, 0.25) is 0 Å². The third-order valence-electron chi connectivity index (χ3n) is 3.19. The van der Waals surface area contributed by atoms with Crippen LogP contribution in [0.4, 0.5) is 0 Å². The summed E-state index contributed by atoms with van der Waals surface area (Å²) in [6.07, 6.45) is 2.59. The standard InChI is InChI=1S/C10H22N2O2S/c1-3-4-7-15(13,14)12-6-5-9(2)10(12)8-11/h9-10H,3-8,11H2,1-2H3. The fourth-order valence-electron chi connectivity index (χ4n) is 2.11. The van der Waals surface area contributed by atoms with Crippen LogP contribution in [-0.2, 0) is 10.0 Å². The van der Waals surface area contributed by atoms with Crippen LogP contribution in [0.5, 0.6) is 0 Å². The van der Waals surface area contributed by atoms with Gasteiger partial charge in [0, 0.05) is 19.1 Å². The normalized spacial score (nSPS) is 28.5. The van der Waals surface area contributed by atoms with Crippen molar-refractivity contribution in [3.05, 3.63) is 0 Å². The first-order chi connectivity index (χ1) is 7.03. The molecule has 4 nitrogen and oxygen atoms in total. The van der Waals surface area contributed by atoms with Crippen molar-refractivity contribution in [2.45, 2.75) is 39.2 Å². The molecule has 1 rings (SSSR count). The lowest BCUT2D eigenvalue weighted by Gasteiger charge is -2.24. The molecular weight excluding hydrogens is 212 g/mol. The summed E-state index contributed by atoms with van der Waals surface area (Å²) in [4.78, 5) is 0. The van der Waals surface area contributed by atoms with Gasteiger partial charge in [-0.3, -0.25) is 0 Å². The van der Waals surface area contributed by atoms with Crippen molar-refractivity contribution in [2.75, 3.05) is 18.8 Å². The average molecular weight is 234 g/mol. The van der Waals surface area contributed by atoms with Gasteiger partial charge < -0.3 is 5.73 Å². The molecule has 1 fully saturated rings. The van der Waals surface area contributed by atoms with Gasteiger partial charge in [0.2, 0.25) is 10.0 Å². The molecule has 1 aliphatic heterocycles. The van der Waals surface area contributed by atoms with Gasteiger partial charge in [0.1, 0.15) is 0 Å². The minimum Gasteiger partial charge on any atom is -0.329 e. The van der Waals surface area contributed by atoms with Crippen molar-refractivity contribution in [3.8, 4) is 0 Å². The van der Waals surface area contributed by atoms with E-state index < -0.39 is 10.0 Å². The van der Waals surface area contributed by atoms with Gasteiger partial charge in [-0.25, -0.2) is 8.42 Å². The number of sulfonamides is 1. The van der Waals surface area contributed by atoms with E-state index in [2.05, 4.69) is 6.92 Å². The first-order valence-corrected chi connectivity index (χ1v) is 7.33. The fraction of sp³-hybridized carbons (Fsp3) is 1.00. The molecule has 90 valence electrons. The number of rotatable bonds is 5. The summed E-state index contributed by atoms with van der Waals surface area (Å²) >= 11 is 0. The van der Waals surface area contributed by atoms with E-state index in [-0.39, 0.29) is 11.8 Å². The van der Waals surface area contributed by atoms with E-state index in [0.717, 1.165) is 19.3 Å². The van der Waals surface area contributed by atoms with Crippen LogP contribution in [-0.4, -0.2) is 37.6 Å². The Balaban J connectivity index is 2.70. The molecule has 2 unspecified atom stereocenters. The molecule has 0 aromatic heterocycles. The summed E-state index contributed by atoms with van der Waals surface area (Å²) in [5.41, 5.74) is 5.63. The zero-order valence-corrected chi connectivity index (χ0v) is 10.5. The fourth-order valence-corrected chi connectivity index (χ4v) is 4.09. The highest BCUT2D eigenvalue weighted by Crippen LogP contribution is 2.26. The summed E-state index contributed by atoms with van der Waals surface area (Å²) in [7, 11) is -3.06. The molecule has 1 heterocycles. The Morgan fingerprint density at radius 1 is 1.47 bits per heavy atom. The summed E-state index contributed by atoms with van der Waals surface area (Å²) in [6, 6.07) is 0.0202. The van der Waals surface area contributed by atoms with Crippen molar-refractivity contribution in [1.29, 1.82) is 0 Å². The Bertz CT molecular complexity index is 290. The van der Waals surface area contributed by atoms with Crippen LogP contribution in [0, 0.1) is 5.92 Å². The zero-order valence-electron chi connectivity index (χ0n) is 9.65. The van der Waals surface area contributed by atoms with E-state index in [1.807, 2.05) is 6.92 Å². The lowest BCUT2D eigenvalue weighted by molar-refractivity contribution is 0.354. The number of unbranched alkanes of at least 4 members (excludes halogenated alkanes) is 1. The van der Waals surface area contributed by atoms with Gasteiger partial charge in [-0.1, -0.05) is 20.3 Å².